The van der Waals surface area contributed by atoms with E-state index in [0.29, 0.717) is 25.2 Å². The van der Waals surface area contributed by atoms with Gasteiger partial charge in [0.15, 0.2) is 17.3 Å². The number of nitrogens with zero attached hydrogens (tertiary/aromatic N) is 4. The minimum Gasteiger partial charge on any atom is -0.338 e. The van der Waals surface area contributed by atoms with Crippen LogP contribution in [0.3, 0.4) is 0 Å². The van der Waals surface area contributed by atoms with E-state index in [1.165, 1.54) is 23.6 Å². The lowest BCUT2D eigenvalue weighted by atomic mass is 9.96. The highest BCUT2D eigenvalue weighted by molar-refractivity contribution is 6.33. The van der Waals surface area contributed by atoms with Crippen LogP contribution in [-0.4, -0.2) is 43.0 Å². The van der Waals surface area contributed by atoms with Crippen molar-refractivity contribution in [2.45, 2.75) is 18.8 Å². The van der Waals surface area contributed by atoms with E-state index in [9.17, 15) is 23.2 Å². The fourth-order valence-corrected chi connectivity index (χ4v) is 4.01. The van der Waals surface area contributed by atoms with Crippen LogP contribution in [0.4, 0.5) is 8.78 Å². The molecule has 0 saturated carbocycles. The van der Waals surface area contributed by atoms with E-state index in [1.54, 1.807) is 0 Å². The number of benzene rings is 1. The summed E-state index contributed by atoms with van der Waals surface area (Å²) in [5.41, 5.74) is -0.632. The number of aromatic amines is 1. The molecule has 0 bridgehead atoms. The Morgan fingerprint density at radius 1 is 1.20 bits per heavy atom. The average molecular weight is 438 g/mol. The second kappa shape index (κ2) is 7.35. The SMILES string of the molecule is Cn1c(=O)c2[nH]c(C3CCCN(C(=O)c4cc(F)c(F)cc4Cl)C3)nc2n(C)c1=O. The Hall–Kier alpha value is -3.01. The van der Waals surface area contributed by atoms with E-state index in [4.69, 9.17) is 11.6 Å². The molecule has 158 valence electrons. The molecule has 1 unspecified atom stereocenters. The largest absolute Gasteiger partial charge is 0.338 e. The predicted octanol–water partition coefficient (Wildman–Crippen LogP) is 1.91. The van der Waals surface area contributed by atoms with E-state index < -0.39 is 28.8 Å². The van der Waals surface area contributed by atoms with Crippen LogP contribution in [0.25, 0.3) is 11.2 Å². The summed E-state index contributed by atoms with van der Waals surface area (Å²) in [6.45, 7) is 0.674. The number of nitrogens with one attached hydrogen (secondary N) is 1. The lowest BCUT2D eigenvalue weighted by molar-refractivity contribution is 0.0704. The molecule has 8 nitrogen and oxygen atoms in total. The maximum Gasteiger partial charge on any atom is 0.332 e. The summed E-state index contributed by atoms with van der Waals surface area (Å²) in [6.07, 6.45) is 1.34. The number of fused-ring (bicyclic) bond motifs is 1. The Morgan fingerprint density at radius 3 is 2.63 bits per heavy atom. The second-order valence-corrected chi connectivity index (χ2v) is 7.77. The van der Waals surface area contributed by atoms with Gasteiger partial charge in [-0.25, -0.2) is 18.6 Å². The number of H-pyrrole nitrogens is 1. The van der Waals surface area contributed by atoms with Crippen molar-refractivity contribution in [3.63, 3.8) is 0 Å². The zero-order chi connectivity index (χ0) is 21.7. The monoisotopic (exact) mass is 437 g/mol. The Balaban J connectivity index is 1.66. The van der Waals surface area contributed by atoms with Crippen LogP contribution < -0.4 is 11.2 Å². The molecule has 0 radical (unpaired) electrons. The van der Waals surface area contributed by atoms with Gasteiger partial charge in [0, 0.05) is 33.1 Å². The smallest absolute Gasteiger partial charge is 0.332 e. The first kappa shape index (κ1) is 20.3. The minimum absolute atomic E-state index is 0.114. The first-order valence-electron chi connectivity index (χ1n) is 9.28. The summed E-state index contributed by atoms with van der Waals surface area (Å²) in [6, 6.07) is 1.57. The second-order valence-electron chi connectivity index (χ2n) is 7.36. The van der Waals surface area contributed by atoms with E-state index in [2.05, 4.69) is 9.97 Å². The van der Waals surface area contributed by atoms with Crippen molar-refractivity contribution in [1.82, 2.24) is 24.0 Å². The van der Waals surface area contributed by atoms with Crippen LogP contribution in [-0.2, 0) is 14.1 Å². The number of aromatic nitrogens is 4. The van der Waals surface area contributed by atoms with Crippen LogP contribution in [0.1, 0.15) is 34.9 Å². The summed E-state index contributed by atoms with van der Waals surface area (Å²) >= 11 is 5.94. The Bertz CT molecular complexity index is 1300. The third-order valence-electron chi connectivity index (χ3n) is 5.45. The van der Waals surface area contributed by atoms with Crippen LogP contribution in [0.2, 0.25) is 5.02 Å². The fourth-order valence-electron chi connectivity index (χ4n) is 3.78. The molecule has 3 aromatic rings. The number of imidazole rings is 1. The molecule has 1 aliphatic rings. The standard InChI is InChI=1S/C19H18ClF2N5O3/c1-25-16-14(18(29)26(2)19(25)30)23-15(24-16)9-4-3-5-27(8-9)17(28)10-6-12(21)13(22)7-11(10)20/h6-7,9H,3-5,8H2,1-2H3,(H,23,24). The third-order valence-corrected chi connectivity index (χ3v) is 5.76. The van der Waals surface area contributed by atoms with Crippen molar-refractivity contribution < 1.29 is 13.6 Å². The zero-order valence-corrected chi connectivity index (χ0v) is 17.0. The van der Waals surface area contributed by atoms with E-state index in [-0.39, 0.29) is 34.2 Å². The molecule has 1 saturated heterocycles. The number of carbonyl (C=O) groups excluding carboxylic acids is 1. The van der Waals surface area contributed by atoms with Crippen LogP contribution in [0.15, 0.2) is 21.7 Å². The number of aryl methyl sites for hydroxylation is 1. The number of piperidine rings is 1. The van der Waals surface area contributed by atoms with Gasteiger partial charge in [-0.05, 0) is 25.0 Å². The number of halogens is 3. The van der Waals surface area contributed by atoms with Crippen molar-refractivity contribution in [1.29, 1.82) is 0 Å². The molecule has 1 aromatic carbocycles. The van der Waals surface area contributed by atoms with Gasteiger partial charge in [-0.1, -0.05) is 11.6 Å². The summed E-state index contributed by atoms with van der Waals surface area (Å²) in [4.78, 5) is 46.3. The quantitative estimate of drug-likeness (QED) is 0.620. The molecule has 1 amide bonds. The Morgan fingerprint density at radius 2 is 1.90 bits per heavy atom. The molecule has 4 rings (SSSR count). The lowest BCUT2D eigenvalue weighted by Crippen LogP contribution is -2.39. The first-order chi connectivity index (χ1) is 14.2. The summed E-state index contributed by atoms with van der Waals surface area (Å²) in [5.74, 6) is -2.52. The van der Waals surface area contributed by atoms with Crippen molar-refractivity contribution in [3.8, 4) is 0 Å². The van der Waals surface area contributed by atoms with Gasteiger partial charge in [-0.2, -0.15) is 0 Å². The van der Waals surface area contributed by atoms with Gasteiger partial charge in [-0.3, -0.25) is 18.7 Å². The van der Waals surface area contributed by atoms with Gasteiger partial charge in [0.1, 0.15) is 11.3 Å². The highest BCUT2D eigenvalue weighted by Crippen LogP contribution is 2.28. The van der Waals surface area contributed by atoms with Gasteiger partial charge in [0.25, 0.3) is 11.5 Å². The average Bonchev–Trinajstić information content (AvgIpc) is 3.19. The summed E-state index contributed by atoms with van der Waals surface area (Å²) in [7, 11) is 2.91. The van der Waals surface area contributed by atoms with Gasteiger partial charge in [-0.15, -0.1) is 0 Å². The van der Waals surface area contributed by atoms with Crippen molar-refractivity contribution in [2.24, 2.45) is 14.1 Å². The number of hydrogen-bond acceptors (Lipinski definition) is 4. The maximum atomic E-state index is 13.6. The third kappa shape index (κ3) is 3.20. The predicted molar refractivity (Wildman–Crippen MR) is 106 cm³/mol. The highest BCUT2D eigenvalue weighted by atomic mass is 35.5. The molecule has 3 heterocycles. The number of hydrogen-bond donors (Lipinski definition) is 1. The van der Waals surface area contributed by atoms with Crippen molar-refractivity contribution in [2.75, 3.05) is 13.1 Å². The fraction of sp³-hybridized carbons (Fsp3) is 0.368. The molecule has 30 heavy (non-hydrogen) atoms. The molecule has 0 spiro atoms. The number of carbonyl (C=O) groups is 1. The zero-order valence-electron chi connectivity index (χ0n) is 16.2. The lowest BCUT2D eigenvalue weighted by Gasteiger charge is -2.32. The Kier molecular flexibility index (Phi) is 4.97. The number of likely N-dealkylation sites (tertiary alicyclic amines) is 1. The molecular formula is C19H18ClF2N5O3. The molecule has 11 heteroatoms. The molecule has 2 aromatic heterocycles. The first-order valence-corrected chi connectivity index (χ1v) is 9.66. The van der Waals surface area contributed by atoms with Crippen molar-refractivity contribution in [3.05, 3.63) is 61.0 Å². The van der Waals surface area contributed by atoms with Gasteiger partial charge in [0.05, 0.1) is 10.6 Å². The van der Waals surface area contributed by atoms with Gasteiger partial charge >= 0.3 is 5.69 Å². The molecule has 1 fully saturated rings. The maximum absolute atomic E-state index is 13.6. The minimum atomic E-state index is -1.15. The normalized spacial score (nSPS) is 17.0. The molecule has 0 aliphatic carbocycles. The highest BCUT2D eigenvalue weighted by Gasteiger charge is 2.29. The van der Waals surface area contributed by atoms with E-state index in [0.717, 1.165) is 16.7 Å². The summed E-state index contributed by atoms with van der Waals surface area (Å²) < 4.78 is 29.2. The summed E-state index contributed by atoms with van der Waals surface area (Å²) in [5, 5.41) is -0.164. The molecule has 1 atom stereocenters. The van der Waals surface area contributed by atoms with Crippen LogP contribution in [0, 0.1) is 11.6 Å². The van der Waals surface area contributed by atoms with E-state index >= 15 is 0 Å². The number of rotatable bonds is 2. The van der Waals surface area contributed by atoms with E-state index in [1.807, 2.05) is 0 Å². The molecular weight excluding hydrogens is 420 g/mol. The Labute approximate surface area is 173 Å². The van der Waals surface area contributed by atoms with Crippen LogP contribution >= 0.6 is 11.6 Å². The van der Waals surface area contributed by atoms with Gasteiger partial charge < -0.3 is 9.88 Å². The van der Waals surface area contributed by atoms with Crippen molar-refractivity contribution >= 4 is 28.7 Å². The van der Waals surface area contributed by atoms with Gasteiger partial charge in [0.2, 0.25) is 0 Å². The molecule has 1 aliphatic heterocycles. The number of amides is 1. The molecule has 1 N–H and O–H groups in total. The topological polar surface area (TPSA) is 93.0 Å². The van der Waals surface area contributed by atoms with Crippen LogP contribution in [0.5, 0.6) is 0 Å².